The number of anilines is 1. The van der Waals surface area contributed by atoms with Crippen molar-refractivity contribution in [1.82, 2.24) is 9.97 Å². The third-order valence-corrected chi connectivity index (χ3v) is 6.38. The number of aliphatic carboxylic acids is 1. The average molecular weight is 520 g/mol. The van der Waals surface area contributed by atoms with E-state index < -0.39 is 11.6 Å². The van der Waals surface area contributed by atoms with E-state index >= 15 is 0 Å². The van der Waals surface area contributed by atoms with E-state index in [2.05, 4.69) is 23.7 Å². The lowest BCUT2D eigenvalue weighted by Crippen LogP contribution is -2.38. The fraction of sp³-hybridized carbons (Fsp3) is 0.452. The van der Waals surface area contributed by atoms with Gasteiger partial charge in [0.05, 0.1) is 23.4 Å². The molecule has 1 aromatic carbocycles. The van der Waals surface area contributed by atoms with Crippen molar-refractivity contribution >= 4 is 11.7 Å². The molecule has 38 heavy (non-hydrogen) atoms. The Balaban J connectivity index is 0.000000732. The van der Waals surface area contributed by atoms with Gasteiger partial charge in [0.2, 0.25) is 0 Å². The summed E-state index contributed by atoms with van der Waals surface area (Å²) in [7, 11) is 0. The lowest BCUT2D eigenvalue weighted by atomic mass is 9.82. The summed E-state index contributed by atoms with van der Waals surface area (Å²) in [5.74, 6) is -0.0325. The van der Waals surface area contributed by atoms with Crippen LogP contribution in [0.1, 0.15) is 64.3 Å². The normalized spacial score (nSPS) is 14.9. The molecule has 0 radical (unpaired) electrons. The van der Waals surface area contributed by atoms with Gasteiger partial charge in [0.15, 0.2) is 0 Å². The molecule has 0 saturated carbocycles. The monoisotopic (exact) mass is 519 g/mol. The highest BCUT2D eigenvalue weighted by atomic mass is 16.5. The standard InChI is InChI=1S/C27H31N3O3.C4H10O/c1-19-22(15-25(31)32)26(30-13-11-27(2,3)12-14-30)23(17-28-19)24-10-9-20(16-29-24)18-33-21-7-5-4-6-8-21;1-4(2,3)5/h4-10,16-17H,11-15,18H2,1-3H3,(H,31,32);5H,1-3H3. The summed E-state index contributed by atoms with van der Waals surface area (Å²) in [5, 5.41) is 18.1. The first-order valence-electron chi connectivity index (χ1n) is 13.1. The van der Waals surface area contributed by atoms with Crippen molar-refractivity contribution in [2.45, 2.75) is 73.0 Å². The van der Waals surface area contributed by atoms with Crippen LogP contribution in [-0.2, 0) is 17.8 Å². The molecule has 0 bridgehead atoms. The Bertz CT molecular complexity index is 1190. The first kappa shape index (κ1) is 29.1. The predicted molar refractivity (Wildman–Crippen MR) is 152 cm³/mol. The minimum absolute atomic E-state index is 0.0507. The number of nitrogens with zero attached hydrogens (tertiary/aromatic N) is 3. The summed E-state index contributed by atoms with van der Waals surface area (Å²) in [5.41, 5.74) is 4.93. The van der Waals surface area contributed by atoms with Gasteiger partial charge in [-0.15, -0.1) is 0 Å². The number of hydrogen-bond acceptors (Lipinski definition) is 6. The number of para-hydroxylation sites is 1. The number of carboxylic acid groups (broad SMARTS) is 1. The molecule has 0 amide bonds. The molecule has 1 aliphatic rings. The SMILES string of the molecule is CC(C)(C)O.Cc1ncc(-c2ccc(COc3ccccc3)cn2)c(N2CCC(C)(C)CC2)c1CC(=O)O. The van der Waals surface area contributed by atoms with E-state index in [1.165, 1.54) is 0 Å². The van der Waals surface area contributed by atoms with Crippen LogP contribution in [-0.4, -0.2) is 44.8 Å². The summed E-state index contributed by atoms with van der Waals surface area (Å²) in [6, 6.07) is 13.7. The van der Waals surface area contributed by atoms with Gasteiger partial charge in [-0.3, -0.25) is 14.8 Å². The first-order valence-corrected chi connectivity index (χ1v) is 13.1. The largest absolute Gasteiger partial charge is 0.489 e. The molecule has 1 saturated heterocycles. The van der Waals surface area contributed by atoms with E-state index in [1.807, 2.05) is 61.8 Å². The topological polar surface area (TPSA) is 95.8 Å². The highest BCUT2D eigenvalue weighted by Gasteiger charge is 2.29. The Morgan fingerprint density at radius 2 is 1.66 bits per heavy atom. The Morgan fingerprint density at radius 1 is 1.03 bits per heavy atom. The number of pyridine rings is 2. The zero-order valence-corrected chi connectivity index (χ0v) is 23.5. The number of aliphatic hydroxyl groups is 1. The number of carbonyl (C=O) groups is 1. The van der Waals surface area contributed by atoms with Gasteiger partial charge >= 0.3 is 5.97 Å². The molecule has 7 heteroatoms. The molecule has 4 rings (SSSR count). The van der Waals surface area contributed by atoms with Gasteiger partial charge < -0.3 is 19.8 Å². The van der Waals surface area contributed by atoms with Crippen molar-refractivity contribution in [3.63, 3.8) is 0 Å². The van der Waals surface area contributed by atoms with Gasteiger partial charge in [-0.25, -0.2) is 0 Å². The lowest BCUT2D eigenvalue weighted by molar-refractivity contribution is -0.136. The Morgan fingerprint density at radius 3 is 2.21 bits per heavy atom. The molecular weight excluding hydrogens is 478 g/mol. The summed E-state index contributed by atoms with van der Waals surface area (Å²) >= 11 is 0. The van der Waals surface area contributed by atoms with Crippen LogP contribution >= 0.6 is 0 Å². The van der Waals surface area contributed by atoms with Crippen LogP contribution in [0.3, 0.4) is 0 Å². The molecule has 0 spiro atoms. The van der Waals surface area contributed by atoms with Gasteiger partial charge in [0.25, 0.3) is 0 Å². The second-order valence-electron chi connectivity index (χ2n) is 11.6. The smallest absolute Gasteiger partial charge is 0.307 e. The van der Waals surface area contributed by atoms with Gasteiger partial charge in [0, 0.05) is 47.9 Å². The number of ether oxygens (including phenoxy) is 1. The van der Waals surface area contributed by atoms with E-state index in [9.17, 15) is 9.90 Å². The van der Waals surface area contributed by atoms with Crippen LogP contribution in [0.15, 0.2) is 54.9 Å². The molecule has 3 aromatic rings. The van der Waals surface area contributed by atoms with Crippen LogP contribution in [0.4, 0.5) is 5.69 Å². The van der Waals surface area contributed by atoms with Gasteiger partial charge in [0.1, 0.15) is 12.4 Å². The second kappa shape index (κ2) is 12.4. The van der Waals surface area contributed by atoms with Crippen LogP contribution < -0.4 is 9.64 Å². The fourth-order valence-corrected chi connectivity index (χ4v) is 4.23. The summed E-state index contributed by atoms with van der Waals surface area (Å²) in [4.78, 5) is 23.2. The molecule has 0 atom stereocenters. The third-order valence-electron chi connectivity index (χ3n) is 6.38. The van der Waals surface area contributed by atoms with E-state index in [4.69, 9.17) is 14.8 Å². The molecule has 2 N–H and O–H groups in total. The molecule has 0 aliphatic carbocycles. The zero-order valence-electron chi connectivity index (χ0n) is 23.5. The molecule has 2 aromatic heterocycles. The maximum Gasteiger partial charge on any atom is 0.307 e. The Hall–Kier alpha value is -3.45. The molecule has 7 nitrogen and oxygen atoms in total. The number of aryl methyl sites for hydroxylation is 1. The van der Waals surface area contributed by atoms with Crippen LogP contribution in [0.25, 0.3) is 11.3 Å². The average Bonchev–Trinajstić information content (AvgIpc) is 2.84. The maximum absolute atomic E-state index is 11.7. The molecular formula is C31H41N3O4. The highest BCUT2D eigenvalue weighted by molar-refractivity contribution is 5.83. The summed E-state index contributed by atoms with van der Waals surface area (Å²) in [6.07, 6.45) is 5.72. The number of aromatic nitrogens is 2. The molecule has 0 unspecified atom stereocenters. The number of benzene rings is 1. The number of rotatable bonds is 7. The van der Waals surface area contributed by atoms with Gasteiger partial charge in [-0.2, -0.15) is 0 Å². The quantitative estimate of drug-likeness (QED) is 0.392. The lowest BCUT2D eigenvalue weighted by Gasteiger charge is -2.40. The maximum atomic E-state index is 11.7. The zero-order chi connectivity index (χ0) is 27.9. The van der Waals surface area contributed by atoms with Crippen molar-refractivity contribution in [3.8, 4) is 17.0 Å². The van der Waals surface area contributed by atoms with E-state index in [-0.39, 0.29) is 6.42 Å². The van der Waals surface area contributed by atoms with Gasteiger partial charge in [-0.1, -0.05) is 38.1 Å². The van der Waals surface area contributed by atoms with Crippen LogP contribution in [0, 0.1) is 12.3 Å². The van der Waals surface area contributed by atoms with E-state index in [1.54, 1.807) is 20.8 Å². The van der Waals surface area contributed by atoms with Gasteiger partial charge in [-0.05, 0) is 64.2 Å². The number of carboxylic acids is 1. The van der Waals surface area contributed by atoms with E-state index in [0.29, 0.717) is 12.0 Å². The van der Waals surface area contributed by atoms with Crippen molar-refractivity contribution in [1.29, 1.82) is 0 Å². The highest BCUT2D eigenvalue weighted by Crippen LogP contribution is 2.39. The second-order valence-corrected chi connectivity index (χ2v) is 11.6. The fourth-order valence-electron chi connectivity index (χ4n) is 4.23. The number of hydrogen-bond donors (Lipinski definition) is 2. The molecule has 204 valence electrons. The van der Waals surface area contributed by atoms with Crippen molar-refractivity contribution < 1.29 is 19.7 Å². The Kier molecular flexibility index (Phi) is 9.50. The van der Waals surface area contributed by atoms with Crippen LogP contribution in [0.5, 0.6) is 5.75 Å². The summed E-state index contributed by atoms with van der Waals surface area (Å²) < 4.78 is 5.83. The third kappa shape index (κ3) is 8.84. The minimum atomic E-state index is -0.850. The van der Waals surface area contributed by atoms with Crippen LogP contribution in [0.2, 0.25) is 0 Å². The van der Waals surface area contributed by atoms with Crippen molar-refractivity contribution in [2.24, 2.45) is 5.41 Å². The first-order chi connectivity index (χ1) is 17.8. The molecule has 1 fully saturated rings. The molecule has 1 aliphatic heterocycles. The van der Waals surface area contributed by atoms with Crippen molar-refractivity contribution in [2.75, 3.05) is 18.0 Å². The minimum Gasteiger partial charge on any atom is -0.489 e. The number of piperidine rings is 1. The Labute approximate surface area is 226 Å². The summed E-state index contributed by atoms with van der Waals surface area (Å²) in [6.45, 7) is 13.9. The molecule has 3 heterocycles. The predicted octanol–water partition coefficient (Wildman–Crippen LogP) is 6.06. The van der Waals surface area contributed by atoms with E-state index in [0.717, 1.165) is 65.4 Å². The van der Waals surface area contributed by atoms with Crippen molar-refractivity contribution in [3.05, 3.63) is 71.7 Å².